The molecule has 11 heteroatoms. The number of H-pyrrole nitrogens is 1. The molecule has 0 radical (unpaired) electrons. The first-order valence-corrected chi connectivity index (χ1v) is 9.55. The Morgan fingerprint density at radius 3 is 2.59 bits per heavy atom. The van der Waals surface area contributed by atoms with Gasteiger partial charge in [0, 0.05) is 12.1 Å². The van der Waals surface area contributed by atoms with E-state index in [1.165, 1.54) is 24.3 Å². The number of carbonyl (C=O) groups excluding carboxylic acids is 1. The third-order valence-electron chi connectivity index (χ3n) is 4.66. The summed E-state index contributed by atoms with van der Waals surface area (Å²) in [6.07, 6.45) is -2.61. The van der Waals surface area contributed by atoms with Crippen LogP contribution in [0, 0.1) is 0 Å². The molecule has 4 rings (SSSR count). The molecule has 0 aliphatic carbocycles. The number of nitrogens with zero attached hydrogens (tertiary/aromatic N) is 3. The minimum Gasteiger partial charge on any atom is -0.462 e. The molecule has 9 nitrogen and oxygen atoms in total. The van der Waals surface area contributed by atoms with Gasteiger partial charge in [0.25, 0.3) is 11.4 Å². The van der Waals surface area contributed by atoms with Crippen molar-refractivity contribution in [2.45, 2.75) is 19.4 Å². The fourth-order valence-electron chi connectivity index (χ4n) is 3.07. The van der Waals surface area contributed by atoms with Crippen LogP contribution in [0.4, 0.5) is 8.78 Å². The van der Waals surface area contributed by atoms with E-state index in [9.17, 15) is 23.2 Å². The standard InChI is InChI=1S/C21H16F2N4O5/c22-16(23)18-25-17(26-32-18)12-6-8-13(9-7-12)20(29)31-11-3-10-27-19(28)14-4-1-2-5-15(14)24-21(27)30/h1-2,4-9,16H,3,10-11H2,(H,24,30). The third kappa shape index (κ3) is 4.31. The minimum absolute atomic E-state index is 0.0120. The molecule has 2 aromatic carbocycles. The van der Waals surface area contributed by atoms with Crippen LogP contribution in [0.15, 0.2) is 62.6 Å². The Bertz CT molecular complexity index is 1380. The summed E-state index contributed by atoms with van der Waals surface area (Å²) in [4.78, 5) is 43.0. The van der Waals surface area contributed by atoms with Crippen molar-refractivity contribution < 1.29 is 22.8 Å². The molecule has 0 bridgehead atoms. The van der Waals surface area contributed by atoms with E-state index in [1.54, 1.807) is 24.3 Å². The van der Waals surface area contributed by atoms with Crippen molar-refractivity contribution in [1.82, 2.24) is 19.7 Å². The van der Waals surface area contributed by atoms with Crippen LogP contribution < -0.4 is 11.2 Å². The number of esters is 1. The highest BCUT2D eigenvalue weighted by atomic mass is 19.3. The van der Waals surface area contributed by atoms with Gasteiger partial charge in [-0.2, -0.15) is 13.8 Å². The lowest BCUT2D eigenvalue weighted by atomic mass is 10.1. The summed E-state index contributed by atoms with van der Waals surface area (Å²) in [5.41, 5.74) is 0.133. The number of halogens is 2. The van der Waals surface area contributed by atoms with Crippen molar-refractivity contribution in [1.29, 1.82) is 0 Å². The lowest BCUT2D eigenvalue weighted by Gasteiger charge is -2.08. The van der Waals surface area contributed by atoms with Crippen LogP contribution in [0.2, 0.25) is 0 Å². The van der Waals surface area contributed by atoms with E-state index in [1.807, 2.05) is 0 Å². The van der Waals surface area contributed by atoms with E-state index in [-0.39, 0.29) is 31.0 Å². The van der Waals surface area contributed by atoms with E-state index in [0.717, 1.165) is 4.57 Å². The summed E-state index contributed by atoms with van der Waals surface area (Å²) in [7, 11) is 0. The first-order valence-electron chi connectivity index (χ1n) is 9.55. The molecule has 164 valence electrons. The maximum atomic E-state index is 12.5. The van der Waals surface area contributed by atoms with Crippen LogP contribution in [0.3, 0.4) is 0 Å². The molecule has 0 fully saturated rings. The van der Waals surface area contributed by atoms with Gasteiger partial charge < -0.3 is 14.2 Å². The van der Waals surface area contributed by atoms with Crippen molar-refractivity contribution >= 4 is 16.9 Å². The summed E-state index contributed by atoms with van der Waals surface area (Å²) in [5, 5.41) is 3.86. The monoisotopic (exact) mass is 442 g/mol. The second-order valence-corrected chi connectivity index (χ2v) is 6.76. The average Bonchev–Trinajstić information content (AvgIpc) is 3.29. The molecular weight excluding hydrogens is 426 g/mol. The number of alkyl halides is 2. The molecule has 2 aromatic heterocycles. The molecule has 0 saturated heterocycles. The number of benzene rings is 2. The Kier molecular flexibility index (Phi) is 5.88. The maximum Gasteiger partial charge on any atom is 0.338 e. The zero-order valence-corrected chi connectivity index (χ0v) is 16.5. The van der Waals surface area contributed by atoms with Gasteiger partial charge in [-0.05, 0) is 30.7 Å². The Balaban J connectivity index is 1.35. The largest absolute Gasteiger partial charge is 0.462 e. The molecule has 0 saturated carbocycles. The average molecular weight is 442 g/mol. The Morgan fingerprint density at radius 1 is 1.12 bits per heavy atom. The van der Waals surface area contributed by atoms with E-state index in [0.29, 0.717) is 16.5 Å². The van der Waals surface area contributed by atoms with Crippen molar-refractivity contribution in [3.63, 3.8) is 0 Å². The van der Waals surface area contributed by atoms with E-state index < -0.39 is 29.5 Å². The zero-order valence-electron chi connectivity index (χ0n) is 16.5. The lowest BCUT2D eigenvalue weighted by Crippen LogP contribution is -2.35. The molecule has 4 aromatic rings. The first kappa shape index (κ1) is 21.1. The number of aromatic amines is 1. The van der Waals surface area contributed by atoms with Crippen molar-refractivity contribution in [3.05, 3.63) is 80.8 Å². The number of fused-ring (bicyclic) bond motifs is 1. The van der Waals surface area contributed by atoms with Gasteiger partial charge in [-0.1, -0.05) is 29.4 Å². The zero-order chi connectivity index (χ0) is 22.7. The molecule has 0 spiro atoms. The molecule has 0 amide bonds. The highest BCUT2D eigenvalue weighted by molar-refractivity contribution is 5.89. The molecule has 0 unspecified atom stereocenters. The smallest absolute Gasteiger partial charge is 0.338 e. The minimum atomic E-state index is -2.87. The fraction of sp³-hybridized carbons (Fsp3) is 0.190. The van der Waals surface area contributed by atoms with Crippen LogP contribution in [-0.4, -0.2) is 32.3 Å². The summed E-state index contributed by atoms with van der Waals surface area (Å²) < 4.78 is 35.8. The predicted molar refractivity (Wildman–Crippen MR) is 108 cm³/mol. The van der Waals surface area contributed by atoms with Crippen LogP contribution in [0.1, 0.15) is 29.1 Å². The highest BCUT2D eigenvalue weighted by Crippen LogP contribution is 2.22. The first-order chi connectivity index (χ1) is 15.4. The van der Waals surface area contributed by atoms with Crippen LogP contribution in [-0.2, 0) is 11.3 Å². The fourth-order valence-corrected chi connectivity index (χ4v) is 3.07. The summed E-state index contributed by atoms with van der Waals surface area (Å²) >= 11 is 0. The number of hydrogen-bond acceptors (Lipinski definition) is 7. The topological polar surface area (TPSA) is 120 Å². The van der Waals surface area contributed by atoms with Gasteiger partial charge in [0.2, 0.25) is 5.82 Å². The van der Waals surface area contributed by atoms with Gasteiger partial charge in [-0.15, -0.1) is 0 Å². The number of aromatic nitrogens is 4. The van der Waals surface area contributed by atoms with Gasteiger partial charge >= 0.3 is 18.1 Å². The number of carbonyl (C=O) groups is 1. The molecule has 0 aliphatic rings. The molecule has 1 N–H and O–H groups in total. The molecule has 32 heavy (non-hydrogen) atoms. The van der Waals surface area contributed by atoms with Gasteiger partial charge in [0.05, 0.1) is 23.1 Å². The van der Waals surface area contributed by atoms with Crippen molar-refractivity contribution in [3.8, 4) is 11.4 Å². The maximum absolute atomic E-state index is 12.5. The van der Waals surface area contributed by atoms with Crippen molar-refractivity contribution in [2.75, 3.05) is 6.61 Å². The van der Waals surface area contributed by atoms with Crippen molar-refractivity contribution in [2.24, 2.45) is 0 Å². The number of hydrogen-bond donors (Lipinski definition) is 1. The van der Waals surface area contributed by atoms with Crippen LogP contribution in [0.25, 0.3) is 22.3 Å². The second kappa shape index (κ2) is 8.92. The molecule has 2 heterocycles. The molecule has 0 aliphatic heterocycles. The quantitative estimate of drug-likeness (QED) is 0.345. The predicted octanol–water partition coefficient (Wildman–Crippen LogP) is 2.92. The third-order valence-corrected chi connectivity index (χ3v) is 4.66. The van der Waals surface area contributed by atoms with E-state index >= 15 is 0 Å². The Labute approximate surface area is 178 Å². The van der Waals surface area contributed by atoms with E-state index in [4.69, 9.17) is 4.74 Å². The lowest BCUT2D eigenvalue weighted by molar-refractivity contribution is 0.0495. The van der Waals surface area contributed by atoms with E-state index in [2.05, 4.69) is 19.6 Å². The van der Waals surface area contributed by atoms with Gasteiger partial charge in [0.1, 0.15) is 0 Å². The van der Waals surface area contributed by atoms with Gasteiger partial charge in [-0.25, -0.2) is 9.59 Å². The number of rotatable bonds is 7. The Hall–Kier alpha value is -4.15. The molecular formula is C21H16F2N4O5. The summed E-state index contributed by atoms with van der Waals surface area (Å²) in [6.45, 7) is 0.0669. The van der Waals surface area contributed by atoms with Gasteiger partial charge in [0.15, 0.2) is 0 Å². The SMILES string of the molecule is O=C(OCCCn1c(=O)[nH]c2ccccc2c1=O)c1ccc(-c2noc(C(F)F)n2)cc1. The number of nitrogens with one attached hydrogen (secondary N) is 1. The summed E-state index contributed by atoms with van der Waals surface area (Å²) in [6, 6.07) is 12.5. The highest BCUT2D eigenvalue weighted by Gasteiger charge is 2.17. The number of ether oxygens (including phenoxy) is 1. The van der Waals surface area contributed by atoms with Gasteiger partial charge in [-0.3, -0.25) is 9.36 Å². The second-order valence-electron chi connectivity index (χ2n) is 6.76. The molecule has 0 atom stereocenters. The Morgan fingerprint density at radius 2 is 1.88 bits per heavy atom. The summed E-state index contributed by atoms with van der Waals surface area (Å²) in [5.74, 6) is -1.42. The van der Waals surface area contributed by atoms with Crippen LogP contribution >= 0.6 is 0 Å². The normalized spacial score (nSPS) is 11.2. The number of para-hydroxylation sites is 1. The van der Waals surface area contributed by atoms with Crippen LogP contribution in [0.5, 0.6) is 0 Å².